The van der Waals surface area contributed by atoms with Crippen molar-refractivity contribution >= 4 is 0 Å². The molecule has 5 heteroatoms. The summed E-state index contributed by atoms with van der Waals surface area (Å²) in [6, 6.07) is 18.0. The summed E-state index contributed by atoms with van der Waals surface area (Å²) < 4.78 is 11.1. The quantitative estimate of drug-likeness (QED) is 0.662. The SMILES string of the molecule is CCN(Cc1ccccc1)Cc1nnc(-c2cccc(OC)c2)o1. The third-order valence-corrected chi connectivity index (χ3v) is 3.84. The molecular formula is C19H21N3O2. The lowest BCUT2D eigenvalue weighted by molar-refractivity contribution is 0.243. The molecule has 0 N–H and O–H groups in total. The van der Waals surface area contributed by atoms with E-state index in [1.54, 1.807) is 7.11 Å². The maximum Gasteiger partial charge on any atom is 0.247 e. The second-order valence-corrected chi connectivity index (χ2v) is 5.52. The van der Waals surface area contributed by atoms with Gasteiger partial charge in [-0.2, -0.15) is 0 Å². The van der Waals surface area contributed by atoms with Crippen LogP contribution >= 0.6 is 0 Å². The van der Waals surface area contributed by atoms with E-state index in [0.717, 1.165) is 24.4 Å². The average molecular weight is 323 g/mol. The summed E-state index contributed by atoms with van der Waals surface area (Å²) in [4.78, 5) is 2.26. The van der Waals surface area contributed by atoms with Crippen molar-refractivity contribution in [3.05, 3.63) is 66.1 Å². The summed E-state index contributed by atoms with van der Waals surface area (Å²) in [5.41, 5.74) is 2.13. The van der Waals surface area contributed by atoms with E-state index in [1.165, 1.54) is 5.56 Å². The van der Waals surface area contributed by atoms with Gasteiger partial charge in [0, 0.05) is 12.1 Å². The van der Waals surface area contributed by atoms with Gasteiger partial charge in [-0.15, -0.1) is 10.2 Å². The molecule has 0 fully saturated rings. The van der Waals surface area contributed by atoms with Crippen molar-refractivity contribution < 1.29 is 9.15 Å². The van der Waals surface area contributed by atoms with Gasteiger partial charge in [0.1, 0.15) is 5.75 Å². The first-order valence-corrected chi connectivity index (χ1v) is 8.01. The van der Waals surface area contributed by atoms with Gasteiger partial charge in [0.25, 0.3) is 0 Å². The zero-order valence-electron chi connectivity index (χ0n) is 14.0. The smallest absolute Gasteiger partial charge is 0.247 e. The van der Waals surface area contributed by atoms with Crippen LogP contribution in [0.25, 0.3) is 11.5 Å². The van der Waals surface area contributed by atoms with Gasteiger partial charge >= 0.3 is 0 Å². The number of aromatic nitrogens is 2. The first-order chi connectivity index (χ1) is 11.8. The standard InChI is InChI=1S/C19H21N3O2/c1-3-22(13-15-8-5-4-6-9-15)14-18-20-21-19(24-18)16-10-7-11-17(12-16)23-2/h4-12H,3,13-14H2,1-2H3. The molecule has 5 nitrogen and oxygen atoms in total. The highest BCUT2D eigenvalue weighted by Crippen LogP contribution is 2.23. The minimum Gasteiger partial charge on any atom is -0.497 e. The van der Waals surface area contributed by atoms with Crippen LogP contribution < -0.4 is 4.74 Å². The Morgan fingerprint density at radius 2 is 1.83 bits per heavy atom. The Kier molecular flexibility index (Phi) is 5.23. The van der Waals surface area contributed by atoms with E-state index in [2.05, 4.69) is 46.3 Å². The zero-order chi connectivity index (χ0) is 16.8. The summed E-state index contributed by atoms with van der Waals surface area (Å²) in [5.74, 6) is 1.90. The molecule has 0 unspecified atom stereocenters. The van der Waals surface area contributed by atoms with Crippen LogP contribution in [0.4, 0.5) is 0 Å². The maximum absolute atomic E-state index is 5.82. The maximum atomic E-state index is 5.82. The number of methoxy groups -OCH3 is 1. The van der Waals surface area contributed by atoms with Gasteiger partial charge in [-0.25, -0.2) is 0 Å². The first kappa shape index (κ1) is 16.2. The predicted molar refractivity (Wildman–Crippen MR) is 92.5 cm³/mol. The van der Waals surface area contributed by atoms with E-state index in [4.69, 9.17) is 9.15 Å². The number of benzene rings is 2. The zero-order valence-corrected chi connectivity index (χ0v) is 14.0. The van der Waals surface area contributed by atoms with Gasteiger partial charge in [-0.3, -0.25) is 4.90 Å². The van der Waals surface area contributed by atoms with E-state index >= 15 is 0 Å². The molecular weight excluding hydrogens is 302 g/mol. The van der Waals surface area contributed by atoms with Crippen LogP contribution in [0, 0.1) is 0 Å². The van der Waals surface area contributed by atoms with Crippen LogP contribution in [0.1, 0.15) is 18.4 Å². The number of nitrogens with zero attached hydrogens (tertiary/aromatic N) is 3. The molecule has 0 amide bonds. The third kappa shape index (κ3) is 4.00. The highest BCUT2D eigenvalue weighted by molar-refractivity contribution is 5.55. The number of ether oxygens (including phenoxy) is 1. The van der Waals surface area contributed by atoms with E-state index in [9.17, 15) is 0 Å². The molecule has 124 valence electrons. The van der Waals surface area contributed by atoms with Crippen LogP contribution in [-0.4, -0.2) is 28.8 Å². The van der Waals surface area contributed by atoms with Crippen molar-refractivity contribution in [1.82, 2.24) is 15.1 Å². The summed E-state index contributed by atoms with van der Waals surface area (Å²) in [7, 11) is 1.64. The van der Waals surface area contributed by atoms with Crippen molar-refractivity contribution in [2.24, 2.45) is 0 Å². The Bertz CT molecular complexity index is 771. The fourth-order valence-electron chi connectivity index (χ4n) is 2.50. The second-order valence-electron chi connectivity index (χ2n) is 5.52. The summed E-state index contributed by atoms with van der Waals surface area (Å²) in [5, 5.41) is 8.34. The average Bonchev–Trinajstić information content (AvgIpc) is 3.10. The molecule has 0 bridgehead atoms. The molecule has 1 aromatic heterocycles. The topological polar surface area (TPSA) is 51.4 Å². The molecule has 0 aliphatic rings. The van der Waals surface area contributed by atoms with Gasteiger partial charge in [0.05, 0.1) is 13.7 Å². The van der Waals surface area contributed by atoms with Gasteiger partial charge < -0.3 is 9.15 Å². The minimum absolute atomic E-state index is 0.514. The fourth-order valence-corrected chi connectivity index (χ4v) is 2.50. The van der Waals surface area contributed by atoms with E-state index in [1.807, 2.05) is 30.3 Å². The molecule has 3 rings (SSSR count). The molecule has 2 aromatic carbocycles. The molecule has 0 aliphatic carbocycles. The van der Waals surface area contributed by atoms with Crippen molar-refractivity contribution in [2.45, 2.75) is 20.0 Å². The molecule has 0 spiro atoms. The van der Waals surface area contributed by atoms with E-state index in [-0.39, 0.29) is 0 Å². The lowest BCUT2D eigenvalue weighted by atomic mass is 10.2. The van der Waals surface area contributed by atoms with E-state index in [0.29, 0.717) is 18.3 Å². The summed E-state index contributed by atoms with van der Waals surface area (Å²) >= 11 is 0. The predicted octanol–water partition coefficient (Wildman–Crippen LogP) is 3.77. The van der Waals surface area contributed by atoms with Crippen LogP contribution in [0.3, 0.4) is 0 Å². The van der Waals surface area contributed by atoms with E-state index < -0.39 is 0 Å². The first-order valence-electron chi connectivity index (χ1n) is 8.01. The molecule has 1 heterocycles. The normalized spacial score (nSPS) is 11.0. The van der Waals surface area contributed by atoms with Gasteiger partial charge in [0.2, 0.25) is 11.8 Å². The van der Waals surface area contributed by atoms with Crippen molar-refractivity contribution in [3.63, 3.8) is 0 Å². The van der Waals surface area contributed by atoms with Crippen LogP contribution in [-0.2, 0) is 13.1 Å². The summed E-state index contributed by atoms with van der Waals surface area (Å²) in [6.45, 7) is 4.52. The van der Waals surface area contributed by atoms with Crippen LogP contribution in [0.5, 0.6) is 5.75 Å². The van der Waals surface area contributed by atoms with Gasteiger partial charge in [0.15, 0.2) is 0 Å². The molecule has 24 heavy (non-hydrogen) atoms. The second kappa shape index (κ2) is 7.75. The Morgan fingerprint density at radius 1 is 1.00 bits per heavy atom. The Labute approximate surface area is 141 Å². The van der Waals surface area contributed by atoms with Gasteiger partial charge in [-0.1, -0.05) is 43.3 Å². The number of rotatable bonds is 7. The third-order valence-electron chi connectivity index (χ3n) is 3.84. The van der Waals surface area contributed by atoms with Crippen molar-refractivity contribution in [1.29, 1.82) is 0 Å². The molecule has 0 saturated carbocycles. The molecule has 0 radical (unpaired) electrons. The van der Waals surface area contributed by atoms with Crippen LogP contribution in [0.15, 0.2) is 59.0 Å². The molecule has 3 aromatic rings. The van der Waals surface area contributed by atoms with Crippen molar-refractivity contribution in [2.75, 3.05) is 13.7 Å². The molecule has 0 atom stereocenters. The molecule has 0 aliphatic heterocycles. The Hall–Kier alpha value is -2.66. The highest BCUT2D eigenvalue weighted by Gasteiger charge is 2.13. The largest absolute Gasteiger partial charge is 0.497 e. The molecule has 0 saturated heterocycles. The Morgan fingerprint density at radius 3 is 2.58 bits per heavy atom. The number of hydrogen-bond donors (Lipinski definition) is 0. The fraction of sp³-hybridized carbons (Fsp3) is 0.263. The minimum atomic E-state index is 0.514. The lowest BCUT2D eigenvalue weighted by Gasteiger charge is -2.18. The Balaban J connectivity index is 1.70. The number of hydrogen-bond acceptors (Lipinski definition) is 5. The van der Waals surface area contributed by atoms with Crippen LogP contribution in [0.2, 0.25) is 0 Å². The lowest BCUT2D eigenvalue weighted by Crippen LogP contribution is -2.22. The van der Waals surface area contributed by atoms with Crippen molar-refractivity contribution in [3.8, 4) is 17.2 Å². The van der Waals surface area contributed by atoms with Gasteiger partial charge in [-0.05, 0) is 30.3 Å². The monoisotopic (exact) mass is 323 g/mol. The summed E-state index contributed by atoms with van der Waals surface area (Å²) in [6.07, 6.45) is 0. The highest BCUT2D eigenvalue weighted by atomic mass is 16.5.